The summed E-state index contributed by atoms with van der Waals surface area (Å²) in [6.45, 7) is -0.0512. The molecule has 9 nitrogen and oxygen atoms in total. The predicted molar refractivity (Wildman–Crippen MR) is 105 cm³/mol. The topological polar surface area (TPSA) is 112 Å². The lowest BCUT2D eigenvalue weighted by Gasteiger charge is -2.05. The minimum Gasteiger partial charge on any atom is -0.479 e. The van der Waals surface area contributed by atoms with Gasteiger partial charge in [-0.3, -0.25) is 20.2 Å². The van der Waals surface area contributed by atoms with Crippen molar-refractivity contribution in [2.75, 3.05) is 5.32 Å². The van der Waals surface area contributed by atoms with E-state index >= 15 is 0 Å². The van der Waals surface area contributed by atoms with Crippen LogP contribution in [0.5, 0.6) is 5.75 Å². The zero-order valence-electron chi connectivity index (χ0n) is 15.4. The van der Waals surface area contributed by atoms with Gasteiger partial charge >= 0.3 is 5.69 Å². The zero-order valence-corrected chi connectivity index (χ0v) is 15.4. The Kier molecular flexibility index (Phi) is 4.70. The number of furan rings is 1. The molecule has 4 aromatic rings. The average molecular weight is 392 g/mol. The Balaban J connectivity index is 1.45. The maximum absolute atomic E-state index is 12.5. The monoisotopic (exact) mass is 392 g/mol. The first-order valence-electron chi connectivity index (χ1n) is 8.70. The maximum atomic E-state index is 12.5. The van der Waals surface area contributed by atoms with E-state index in [0.29, 0.717) is 11.7 Å². The molecule has 0 saturated heterocycles. The molecule has 0 aliphatic heterocycles. The van der Waals surface area contributed by atoms with Crippen LogP contribution in [-0.4, -0.2) is 20.4 Å². The molecule has 2 heterocycles. The summed E-state index contributed by atoms with van der Waals surface area (Å²) in [5, 5.41) is 13.7. The summed E-state index contributed by atoms with van der Waals surface area (Å²) in [6, 6.07) is 16.7. The van der Waals surface area contributed by atoms with E-state index in [9.17, 15) is 14.9 Å². The Labute approximate surface area is 164 Å². The van der Waals surface area contributed by atoms with Crippen molar-refractivity contribution in [2.24, 2.45) is 7.05 Å². The number of benzene rings is 2. The van der Waals surface area contributed by atoms with Gasteiger partial charge < -0.3 is 13.7 Å². The number of fused-ring (bicyclic) bond motifs is 1. The van der Waals surface area contributed by atoms with E-state index in [1.54, 1.807) is 29.8 Å². The van der Waals surface area contributed by atoms with Gasteiger partial charge in [0.1, 0.15) is 12.4 Å². The van der Waals surface area contributed by atoms with Crippen LogP contribution in [-0.2, 0) is 13.7 Å². The van der Waals surface area contributed by atoms with Crippen LogP contribution < -0.4 is 10.1 Å². The molecular weight excluding hydrogens is 376 g/mol. The number of hydrogen-bond acceptors (Lipinski definition) is 6. The molecule has 9 heteroatoms. The number of nitro groups is 1. The van der Waals surface area contributed by atoms with Gasteiger partial charge in [0.05, 0.1) is 16.0 Å². The lowest BCUT2D eigenvalue weighted by molar-refractivity contribution is -0.386. The molecule has 1 amide bonds. The van der Waals surface area contributed by atoms with Gasteiger partial charge in [-0.15, -0.1) is 0 Å². The number of carbonyl (C=O) groups excluding carboxylic acids is 1. The van der Waals surface area contributed by atoms with E-state index in [4.69, 9.17) is 9.15 Å². The number of nitrogens with one attached hydrogen (secondary N) is 1. The highest BCUT2D eigenvalue weighted by atomic mass is 16.6. The number of para-hydroxylation sites is 4. The second-order valence-electron chi connectivity index (χ2n) is 6.22. The van der Waals surface area contributed by atoms with Crippen molar-refractivity contribution in [1.82, 2.24) is 9.55 Å². The normalized spacial score (nSPS) is 10.8. The molecule has 0 spiro atoms. The van der Waals surface area contributed by atoms with Crippen molar-refractivity contribution in [1.29, 1.82) is 0 Å². The quantitative estimate of drug-likeness (QED) is 0.393. The molecule has 0 fully saturated rings. The smallest absolute Gasteiger partial charge is 0.310 e. The number of ether oxygens (including phenoxy) is 1. The van der Waals surface area contributed by atoms with Crippen molar-refractivity contribution in [3.63, 3.8) is 0 Å². The van der Waals surface area contributed by atoms with Gasteiger partial charge in [0, 0.05) is 13.1 Å². The summed E-state index contributed by atoms with van der Waals surface area (Å²) in [5.41, 5.74) is 1.52. The number of carbonyl (C=O) groups is 1. The number of anilines is 1. The Morgan fingerprint density at radius 1 is 1.17 bits per heavy atom. The molecule has 4 rings (SSSR count). The lowest BCUT2D eigenvalue weighted by atomic mass is 10.3. The summed E-state index contributed by atoms with van der Waals surface area (Å²) in [5.74, 6) is 0.502. The van der Waals surface area contributed by atoms with Crippen LogP contribution in [0.4, 0.5) is 11.6 Å². The second-order valence-corrected chi connectivity index (χ2v) is 6.22. The fourth-order valence-electron chi connectivity index (χ4n) is 2.88. The van der Waals surface area contributed by atoms with Crippen LogP contribution in [0.3, 0.4) is 0 Å². The third-order valence-electron chi connectivity index (χ3n) is 4.33. The fraction of sp³-hybridized carbons (Fsp3) is 0.100. The molecular formula is C20H16N4O5. The van der Waals surface area contributed by atoms with Crippen LogP contribution in [0.2, 0.25) is 0 Å². The van der Waals surface area contributed by atoms with E-state index < -0.39 is 10.8 Å². The standard InChI is InChI=1S/C20H16N4O5/c1-23-15-7-3-2-6-14(15)21-20(23)22-19(25)18-11-10-13(29-18)12-28-17-9-5-4-8-16(17)24(26)27/h2-11H,12H2,1H3,(H,21,22,25). The van der Waals surface area contributed by atoms with E-state index in [2.05, 4.69) is 10.3 Å². The Bertz CT molecular complexity index is 1210. The highest BCUT2D eigenvalue weighted by molar-refractivity contribution is 6.02. The number of rotatable bonds is 6. The number of hydrogen-bond donors (Lipinski definition) is 1. The highest BCUT2D eigenvalue weighted by Crippen LogP contribution is 2.27. The molecule has 0 saturated carbocycles. The van der Waals surface area contributed by atoms with E-state index in [1.807, 2.05) is 24.3 Å². The van der Waals surface area contributed by atoms with Crippen molar-refractivity contribution < 1.29 is 18.9 Å². The van der Waals surface area contributed by atoms with Crippen molar-refractivity contribution >= 4 is 28.6 Å². The van der Waals surface area contributed by atoms with Gasteiger partial charge in [0.25, 0.3) is 5.91 Å². The van der Waals surface area contributed by atoms with Crippen molar-refractivity contribution in [3.05, 3.63) is 82.3 Å². The molecule has 0 aliphatic rings. The summed E-state index contributed by atoms with van der Waals surface area (Å²) in [7, 11) is 1.80. The van der Waals surface area contributed by atoms with Gasteiger partial charge in [0.2, 0.25) is 5.95 Å². The first-order chi connectivity index (χ1) is 14.0. The SMILES string of the molecule is Cn1c(NC(=O)c2ccc(COc3ccccc3[N+](=O)[O-])o2)nc2ccccc21. The van der Waals surface area contributed by atoms with Crippen LogP contribution in [0.1, 0.15) is 16.3 Å². The van der Waals surface area contributed by atoms with Crippen molar-refractivity contribution in [2.45, 2.75) is 6.61 Å². The lowest BCUT2D eigenvalue weighted by Crippen LogP contribution is -2.14. The van der Waals surface area contributed by atoms with Crippen LogP contribution in [0.25, 0.3) is 11.0 Å². The number of nitrogens with zero attached hydrogens (tertiary/aromatic N) is 3. The molecule has 0 aliphatic carbocycles. The first-order valence-corrected chi connectivity index (χ1v) is 8.70. The average Bonchev–Trinajstić information content (AvgIpc) is 3.32. The minimum atomic E-state index is -0.521. The summed E-state index contributed by atoms with van der Waals surface area (Å²) < 4.78 is 12.8. The number of aryl methyl sites for hydroxylation is 1. The molecule has 29 heavy (non-hydrogen) atoms. The maximum Gasteiger partial charge on any atom is 0.310 e. The van der Waals surface area contributed by atoms with E-state index in [0.717, 1.165) is 11.0 Å². The molecule has 146 valence electrons. The second kappa shape index (κ2) is 7.47. The largest absolute Gasteiger partial charge is 0.479 e. The molecule has 2 aromatic carbocycles. The highest BCUT2D eigenvalue weighted by Gasteiger charge is 2.17. The predicted octanol–water partition coefficient (Wildman–Crippen LogP) is 3.91. The molecule has 0 atom stereocenters. The molecule has 2 aromatic heterocycles. The van der Waals surface area contributed by atoms with Crippen LogP contribution in [0, 0.1) is 10.1 Å². The van der Waals surface area contributed by atoms with Gasteiger partial charge in [-0.25, -0.2) is 4.98 Å². The molecule has 0 bridgehead atoms. The number of aromatic nitrogens is 2. The number of imidazole rings is 1. The summed E-state index contributed by atoms with van der Waals surface area (Å²) in [4.78, 5) is 27.4. The van der Waals surface area contributed by atoms with Gasteiger partial charge in [0.15, 0.2) is 11.5 Å². The fourth-order valence-corrected chi connectivity index (χ4v) is 2.88. The Morgan fingerprint density at radius 2 is 1.93 bits per heavy atom. The Morgan fingerprint density at radius 3 is 2.72 bits per heavy atom. The number of nitro benzene ring substituents is 1. The van der Waals surface area contributed by atoms with Gasteiger partial charge in [-0.05, 0) is 30.3 Å². The third-order valence-corrected chi connectivity index (χ3v) is 4.33. The van der Waals surface area contributed by atoms with E-state index in [1.165, 1.54) is 18.2 Å². The molecule has 1 N–H and O–H groups in total. The minimum absolute atomic E-state index is 0.0512. The Hall–Kier alpha value is -4.14. The third kappa shape index (κ3) is 3.65. The van der Waals surface area contributed by atoms with Crippen LogP contribution in [0.15, 0.2) is 65.1 Å². The van der Waals surface area contributed by atoms with Gasteiger partial charge in [-0.2, -0.15) is 0 Å². The summed E-state index contributed by atoms with van der Waals surface area (Å²) in [6.07, 6.45) is 0. The summed E-state index contributed by atoms with van der Waals surface area (Å²) >= 11 is 0. The van der Waals surface area contributed by atoms with Crippen molar-refractivity contribution in [3.8, 4) is 5.75 Å². The number of amides is 1. The first kappa shape index (κ1) is 18.2. The molecule has 0 radical (unpaired) electrons. The zero-order chi connectivity index (χ0) is 20.4. The van der Waals surface area contributed by atoms with E-state index in [-0.39, 0.29) is 23.8 Å². The molecule has 0 unspecified atom stereocenters. The van der Waals surface area contributed by atoms with Gasteiger partial charge in [-0.1, -0.05) is 24.3 Å². The van der Waals surface area contributed by atoms with Crippen LogP contribution >= 0.6 is 0 Å².